The highest BCUT2D eigenvalue weighted by Crippen LogP contribution is 2.34. The summed E-state index contributed by atoms with van der Waals surface area (Å²) < 4.78 is 7.66. The van der Waals surface area contributed by atoms with Crippen molar-refractivity contribution in [2.24, 2.45) is 0 Å². The van der Waals surface area contributed by atoms with E-state index in [1.165, 1.54) is 6.92 Å². The van der Waals surface area contributed by atoms with Crippen molar-refractivity contribution in [2.45, 2.75) is 26.5 Å². The van der Waals surface area contributed by atoms with Crippen LogP contribution in [0.2, 0.25) is 0 Å². The van der Waals surface area contributed by atoms with Gasteiger partial charge < -0.3 is 9.30 Å². The molecule has 2 aromatic carbocycles. The third-order valence-electron chi connectivity index (χ3n) is 3.71. The number of carbonyl (C=O) groups is 1. The lowest BCUT2D eigenvalue weighted by Gasteiger charge is -2.29. The summed E-state index contributed by atoms with van der Waals surface area (Å²) in [4.78, 5) is 11.5. The summed E-state index contributed by atoms with van der Waals surface area (Å²) >= 11 is 0. The lowest BCUT2D eigenvalue weighted by atomic mass is 10.1. The van der Waals surface area contributed by atoms with Gasteiger partial charge in [-0.25, -0.2) is 0 Å². The second-order valence-electron chi connectivity index (χ2n) is 5.83. The maximum Gasteiger partial charge on any atom is 0.304 e. The molecule has 0 aliphatic heterocycles. The van der Waals surface area contributed by atoms with Gasteiger partial charge in [0.15, 0.2) is 5.72 Å². The Morgan fingerprint density at radius 2 is 1.64 bits per heavy atom. The molecule has 0 saturated heterocycles. The van der Waals surface area contributed by atoms with Crippen molar-refractivity contribution in [3.05, 3.63) is 60.7 Å². The van der Waals surface area contributed by atoms with E-state index in [9.17, 15) is 4.79 Å². The van der Waals surface area contributed by atoms with Gasteiger partial charge in [-0.05, 0) is 31.5 Å². The number of esters is 1. The van der Waals surface area contributed by atoms with Gasteiger partial charge in [-0.2, -0.15) is 0 Å². The molecule has 3 nitrogen and oxygen atoms in total. The largest absolute Gasteiger partial charge is 0.439 e. The van der Waals surface area contributed by atoms with Crippen molar-refractivity contribution in [3.63, 3.8) is 0 Å². The van der Waals surface area contributed by atoms with Crippen molar-refractivity contribution in [3.8, 4) is 11.3 Å². The molecule has 3 rings (SSSR count). The predicted molar refractivity (Wildman–Crippen MR) is 88.5 cm³/mol. The van der Waals surface area contributed by atoms with Crippen LogP contribution in [0.15, 0.2) is 60.7 Å². The molecule has 1 heterocycles. The minimum atomic E-state index is -0.764. The van der Waals surface area contributed by atoms with Gasteiger partial charge in [0.2, 0.25) is 0 Å². The van der Waals surface area contributed by atoms with Crippen LogP contribution in [0.25, 0.3) is 22.2 Å². The first-order valence-corrected chi connectivity index (χ1v) is 7.35. The van der Waals surface area contributed by atoms with Crippen LogP contribution in [-0.2, 0) is 15.3 Å². The number of nitrogens with zero attached hydrogens (tertiary/aromatic N) is 1. The van der Waals surface area contributed by atoms with Gasteiger partial charge in [-0.3, -0.25) is 4.79 Å². The molecule has 3 aromatic rings. The van der Waals surface area contributed by atoms with Crippen LogP contribution in [0.4, 0.5) is 0 Å². The Hall–Kier alpha value is -2.55. The van der Waals surface area contributed by atoms with E-state index in [1.807, 2.05) is 50.2 Å². The molecule has 0 fully saturated rings. The van der Waals surface area contributed by atoms with E-state index in [2.05, 4.69) is 28.8 Å². The van der Waals surface area contributed by atoms with Gasteiger partial charge in [0.05, 0.1) is 11.2 Å². The molecule has 112 valence electrons. The van der Waals surface area contributed by atoms with Gasteiger partial charge in [-0.15, -0.1) is 0 Å². The fourth-order valence-corrected chi connectivity index (χ4v) is 2.95. The Balaban J connectivity index is 2.28. The molecular weight excluding hydrogens is 274 g/mol. The number of ether oxygens (including phenoxy) is 1. The molecule has 1 aromatic heterocycles. The smallest absolute Gasteiger partial charge is 0.304 e. The molecular formula is C19H19NO2. The molecule has 0 unspecified atom stereocenters. The predicted octanol–water partition coefficient (Wildman–Crippen LogP) is 4.56. The highest BCUT2D eigenvalue weighted by atomic mass is 16.6. The summed E-state index contributed by atoms with van der Waals surface area (Å²) in [6.07, 6.45) is 0. The van der Waals surface area contributed by atoms with Gasteiger partial charge in [0, 0.05) is 12.3 Å². The normalized spacial score (nSPS) is 11.6. The van der Waals surface area contributed by atoms with Crippen LogP contribution in [0.1, 0.15) is 20.8 Å². The number of para-hydroxylation sites is 1. The number of fused-ring (bicyclic) bond motifs is 1. The first-order chi connectivity index (χ1) is 10.5. The van der Waals surface area contributed by atoms with Gasteiger partial charge in [0.1, 0.15) is 0 Å². The lowest BCUT2D eigenvalue weighted by Crippen LogP contribution is -2.32. The quantitative estimate of drug-likeness (QED) is 0.663. The molecule has 0 aliphatic rings. The lowest BCUT2D eigenvalue weighted by molar-refractivity contribution is -0.162. The Bertz CT molecular complexity index is 816. The van der Waals surface area contributed by atoms with E-state index < -0.39 is 5.72 Å². The third kappa shape index (κ3) is 2.50. The molecule has 0 atom stereocenters. The summed E-state index contributed by atoms with van der Waals surface area (Å²) in [6.45, 7) is 5.26. The van der Waals surface area contributed by atoms with Gasteiger partial charge >= 0.3 is 5.97 Å². The second-order valence-corrected chi connectivity index (χ2v) is 5.83. The van der Waals surface area contributed by atoms with Crippen LogP contribution in [-0.4, -0.2) is 10.5 Å². The SMILES string of the molecule is CC(=O)OC(C)(C)n1c(-c2ccccc2)cc2ccccc21. The molecule has 0 N–H and O–H groups in total. The summed E-state index contributed by atoms with van der Waals surface area (Å²) in [6, 6.07) is 20.4. The zero-order valence-corrected chi connectivity index (χ0v) is 13.0. The van der Waals surface area contributed by atoms with Gasteiger partial charge in [0.25, 0.3) is 0 Å². The maximum absolute atomic E-state index is 11.5. The Kier molecular flexibility index (Phi) is 3.49. The topological polar surface area (TPSA) is 31.2 Å². The molecule has 0 bridgehead atoms. The van der Waals surface area contributed by atoms with Crippen molar-refractivity contribution >= 4 is 16.9 Å². The Morgan fingerprint density at radius 3 is 2.32 bits per heavy atom. The molecule has 0 aliphatic carbocycles. The van der Waals surface area contributed by atoms with Crippen LogP contribution >= 0.6 is 0 Å². The zero-order chi connectivity index (χ0) is 15.7. The van der Waals surface area contributed by atoms with Crippen LogP contribution in [0, 0.1) is 0 Å². The van der Waals surface area contributed by atoms with E-state index in [1.54, 1.807) is 0 Å². The van der Waals surface area contributed by atoms with Gasteiger partial charge in [-0.1, -0.05) is 48.5 Å². The number of hydrogen-bond acceptors (Lipinski definition) is 2. The molecule has 0 amide bonds. The standard InChI is InChI=1S/C19H19NO2/c1-14(21)22-19(2,3)20-17-12-8-7-11-16(17)13-18(20)15-9-5-4-6-10-15/h4-13H,1-3H3. The minimum absolute atomic E-state index is 0.290. The molecule has 22 heavy (non-hydrogen) atoms. The summed E-state index contributed by atoms with van der Waals surface area (Å²) in [5.41, 5.74) is 2.42. The van der Waals surface area contributed by atoms with E-state index in [-0.39, 0.29) is 5.97 Å². The van der Waals surface area contributed by atoms with Crippen LogP contribution in [0.3, 0.4) is 0 Å². The van der Waals surface area contributed by atoms with Crippen molar-refractivity contribution in [2.75, 3.05) is 0 Å². The molecule has 0 saturated carbocycles. The summed E-state index contributed by atoms with van der Waals surface area (Å²) in [7, 11) is 0. The number of rotatable bonds is 3. The first-order valence-electron chi connectivity index (χ1n) is 7.35. The average molecular weight is 293 g/mol. The van der Waals surface area contributed by atoms with Crippen molar-refractivity contribution < 1.29 is 9.53 Å². The van der Waals surface area contributed by atoms with Crippen molar-refractivity contribution in [1.29, 1.82) is 0 Å². The van der Waals surface area contributed by atoms with E-state index in [0.717, 1.165) is 22.2 Å². The third-order valence-corrected chi connectivity index (χ3v) is 3.71. The number of carbonyl (C=O) groups excluding carboxylic acids is 1. The second kappa shape index (κ2) is 5.34. The zero-order valence-electron chi connectivity index (χ0n) is 13.0. The Labute approximate surface area is 130 Å². The summed E-state index contributed by atoms with van der Waals surface area (Å²) in [5.74, 6) is -0.290. The van der Waals surface area contributed by atoms with E-state index in [4.69, 9.17) is 4.74 Å². The maximum atomic E-state index is 11.5. The highest BCUT2D eigenvalue weighted by Gasteiger charge is 2.28. The number of benzene rings is 2. The van der Waals surface area contributed by atoms with Crippen molar-refractivity contribution in [1.82, 2.24) is 4.57 Å². The molecule has 0 spiro atoms. The summed E-state index contributed by atoms with van der Waals surface area (Å²) in [5, 5.41) is 1.13. The minimum Gasteiger partial charge on any atom is -0.439 e. The fraction of sp³-hybridized carbons (Fsp3) is 0.211. The molecule has 0 radical (unpaired) electrons. The monoisotopic (exact) mass is 293 g/mol. The van der Waals surface area contributed by atoms with Crippen LogP contribution in [0.5, 0.6) is 0 Å². The van der Waals surface area contributed by atoms with Crippen LogP contribution < -0.4 is 0 Å². The number of aromatic nitrogens is 1. The Morgan fingerprint density at radius 1 is 1.00 bits per heavy atom. The van der Waals surface area contributed by atoms with E-state index in [0.29, 0.717) is 0 Å². The number of hydrogen-bond donors (Lipinski definition) is 0. The average Bonchev–Trinajstić information content (AvgIpc) is 2.87. The fourth-order valence-electron chi connectivity index (χ4n) is 2.95. The van der Waals surface area contributed by atoms with E-state index >= 15 is 0 Å². The highest BCUT2D eigenvalue weighted by molar-refractivity contribution is 5.87. The molecule has 3 heteroatoms. The first kappa shape index (κ1) is 14.4.